The molecule has 0 spiro atoms. The molecular weight excluding hydrogens is 322 g/mol. The lowest BCUT2D eigenvalue weighted by Gasteiger charge is -2.13. The number of hydrogen-bond acceptors (Lipinski definition) is 7. The molecule has 0 radical (unpaired) electrons. The molecule has 0 aliphatic rings. The highest BCUT2D eigenvalue weighted by molar-refractivity contribution is 8.00. The Labute approximate surface area is 136 Å². The van der Waals surface area contributed by atoms with E-state index in [9.17, 15) is 14.9 Å². The Morgan fingerprint density at radius 3 is 2.83 bits per heavy atom. The first-order valence-corrected chi connectivity index (χ1v) is 7.44. The van der Waals surface area contributed by atoms with E-state index < -0.39 is 10.2 Å². The van der Waals surface area contributed by atoms with Crippen LogP contribution in [-0.2, 0) is 11.8 Å². The van der Waals surface area contributed by atoms with E-state index in [4.69, 9.17) is 4.74 Å². The summed E-state index contributed by atoms with van der Waals surface area (Å²) < 4.78 is 6.81. The fourth-order valence-corrected chi connectivity index (χ4v) is 2.52. The third kappa shape index (κ3) is 3.97. The summed E-state index contributed by atoms with van der Waals surface area (Å²) in [6.45, 7) is 1.71. The van der Waals surface area contributed by atoms with Gasteiger partial charge in [0.05, 0.1) is 23.0 Å². The lowest BCUT2D eigenvalue weighted by atomic mass is 10.2. The van der Waals surface area contributed by atoms with E-state index in [2.05, 4.69) is 15.5 Å². The largest absolute Gasteiger partial charge is 0.495 e. The van der Waals surface area contributed by atoms with Gasteiger partial charge in [0.15, 0.2) is 5.16 Å². The number of rotatable bonds is 6. The summed E-state index contributed by atoms with van der Waals surface area (Å²) in [5, 5.41) is 21.3. The molecule has 1 heterocycles. The maximum absolute atomic E-state index is 12.3. The lowest BCUT2D eigenvalue weighted by molar-refractivity contribution is -0.384. The Hall–Kier alpha value is -2.62. The minimum Gasteiger partial charge on any atom is -0.495 e. The summed E-state index contributed by atoms with van der Waals surface area (Å²) in [4.78, 5) is 22.6. The predicted molar refractivity (Wildman–Crippen MR) is 84.6 cm³/mol. The quantitative estimate of drug-likeness (QED) is 0.486. The van der Waals surface area contributed by atoms with Crippen molar-refractivity contribution in [1.82, 2.24) is 14.8 Å². The Morgan fingerprint density at radius 1 is 1.52 bits per heavy atom. The van der Waals surface area contributed by atoms with Crippen LogP contribution in [0, 0.1) is 10.1 Å². The number of nitrogens with zero attached hydrogens (tertiary/aromatic N) is 4. The number of anilines is 1. The van der Waals surface area contributed by atoms with Crippen LogP contribution in [0.3, 0.4) is 0 Å². The van der Waals surface area contributed by atoms with Crippen LogP contribution in [-0.4, -0.2) is 38.0 Å². The molecule has 0 aliphatic carbocycles. The average molecular weight is 337 g/mol. The first-order valence-electron chi connectivity index (χ1n) is 6.56. The van der Waals surface area contributed by atoms with Crippen LogP contribution in [0.4, 0.5) is 11.4 Å². The number of carbonyl (C=O) groups is 1. The zero-order valence-electron chi connectivity index (χ0n) is 12.7. The number of nitro benzene ring substituents is 1. The SMILES string of the molecule is COc1ccc([N+](=O)[O-])cc1NC(=O)C(C)Sc1nncn1C. The molecule has 122 valence electrons. The van der Waals surface area contributed by atoms with Crippen LogP contribution < -0.4 is 10.1 Å². The average Bonchev–Trinajstić information content (AvgIpc) is 2.92. The van der Waals surface area contributed by atoms with Crippen LogP contribution >= 0.6 is 11.8 Å². The van der Waals surface area contributed by atoms with Crippen molar-refractivity contribution in [2.24, 2.45) is 7.05 Å². The Bertz CT molecular complexity index is 733. The molecule has 1 aromatic heterocycles. The number of thioether (sulfide) groups is 1. The molecule has 0 saturated carbocycles. The number of benzene rings is 1. The molecule has 2 aromatic rings. The van der Waals surface area contributed by atoms with Crippen molar-refractivity contribution in [3.8, 4) is 5.75 Å². The Kier molecular flexibility index (Phi) is 5.16. The van der Waals surface area contributed by atoms with E-state index in [1.54, 1.807) is 18.5 Å². The van der Waals surface area contributed by atoms with Crippen LogP contribution in [0.5, 0.6) is 5.75 Å². The standard InChI is InChI=1S/C13H15N5O4S/c1-8(23-13-16-14-7-17(13)2)12(19)15-10-6-9(18(20)21)4-5-11(10)22-3/h4-8H,1-3H3,(H,15,19). The molecule has 0 saturated heterocycles. The van der Waals surface area contributed by atoms with Gasteiger partial charge in [-0.25, -0.2) is 0 Å². The topological polar surface area (TPSA) is 112 Å². The molecule has 1 atom stereocenters. The third-order valence-electron chi connectivity index (χ3n) is 2.97. The number of methoxy groups -OCH3 is 1. The lowest BCUT2D eigenvalue weighted by Crippen LogP contribution is -2.23. The van der Waals surface area contributed by atoms with E-state index in [-0.39, 0.29) is 17.3 Å². The summed E-state index contributed by atoms with van der Waals surface area (Å²) in [5.74, 6) is 0.0246. The zero-order chi connectivity index (χ0) is 17.0. The highest BCUT2D eigenvalue weighted by Crippen LogP contribution is 2.30. The highest BCUT2D eigenvalue weighted by atomic mass is 32.2. The smallest absolute Gasteiger partial charge is 0.271 e. The van der Waals surface area contributed by atoms with Crippen LogP contribution in [0.15, 0.2) is 29.7 Å². The summed E-state index contributed by atoms with van der Waals surface area (Å²) in [6, 6.07) is 4.01. The second kappa shape index (κ2) is 7.09. The van der Waals surface area contributed by atoms with E-state index >= 15 is 0 Å². The molecule has 1 N–H and O–H groups in total. The number of aromatic nitrogens is 3. The highest BCUT2D eigenvalue weighted by Gasteiger charge is 2.20. The molecule has 1 amide bonds. The van der Waals surface area contributed by atoms with Gasteiger partial charge in [0, 0.05) is 19.2 Å². The van der Waals surface area contributed by atoms with Gasteiger partial charge in [0.25, 0.3) is 5.69 Å². The van der Waals surface area contributed by atoms with Gasteiger partial charge in [-0.2, -0.15) is 0 Å². The van der Waals surface area contributed by atoms with Gasteiger partial charge in [0.1, 0.15) is 12.1 Å². The molecular formula is C13H15N5O4S. The molecule has 2 rings (SSSR count). The fraction of sp³-hybridized carbons (Fsp3) is 0.308. The molecule has 0 aliphatic heterocycles. The molecule has 1 unspecified atom stereocenters. The van der Waals surface area contributed by atoms with Gasteiger partial charge in [-0.1, -0.05) is 11.8 Å². The molecule has 1 aromatic carbocycles. The van der Waals surface area contributed by atoms with Crippen molar-refractivity contribution in [2.75, 3.05) is 12.4 Å². The van der Waals surface area contributed by atoms with Gasteiger partial charge < -0.3 is 14.6 Å². The van der Waals surface area contributed by atoms with E-state index in [1.807, 2.05) is 0 Å². The normalized spacial score (nSPS) is 11.8. The molecule has 10 heteroatoms. The molecule has 0 fully saturated rings. The van der Waals surface area contributed by atoms with Gasteiger partial charge in [-0.3, -0.25) is 14.9 Å². The van der Waals surface area contributed by atoms with Crippen LogP contribution in [0.2, 0.25) is 0 Å². The van der Waals surface area contributed by atoms with Crippen molar-refractivity contribution in [1.29, 1.82) is 0 Å². The minimum absolute atomic E-state index is 0.130. The van der Waals surface area contributed by atoms with Crippen LogP contribution in [0.25, 0.3) is 0 Å². The molecule has 23 heavy (non-hydrogen) atoms. The van der Waals surface area contributed by atoms with Crippen molar-refractivity contribution < 1.29 is 14.5 Å². The third-order valence-corrected chi connectivity index (χ3v) is 4.12. The second-order valence-electron chi connectivity index (χ2n) is 4.62. The number of carbonyl (C=O) groups excluding carboxylic acids is 1. The minimum atomic E-state index is -0.535. The molecule has 0 bridgehead atoms. The second-order valence-corrected chi connectivity index (χ2v) is 5.92. The number of aryl methyl sites for hydroxylation is 1. The number of nitro groups is 1. The first kappa shape index (κ1) is 16.7. The van der Waals surface area contributed by atoms with Crippen molar-refractivity contribution in [3.63, 3.8) is 0 Å². The van der Waals surface area contributed by atoms with Crippen molar-refractivity contribution in [2.45, 2.75) is 17.3 Å². The van der Waals surface area contributed by atoms with Gasteiger partial charge in [0.2, 0.25) is 5.91 Å². The van der Waals surface area contributed by atoms with E-state index in [1.165, 1.54) is 43.4 Å². The Balaban J connectivity index is 2.14. The van der Waals surface area contributed by atoms with Gasteiger partial charge in [-0.15, -0.1) is 10.2 Å². The number of nitrogens with one attached hydrogen (secondary N) is 1. The molecule has 9 nitrogen and oxygen atoms in total. The number of amides is 1. The predicted octanol–water partition coefficient (Wildman–Crippen LogP) is 1.85. The summed E-state index contributed by atoms with van der Waals surface area (Å²) in [5.41, 5.74) is 0.117. The number of ether oxygens (including phenoxy) is 1. The van der Waals surface area contributed by atoms with Crippen molar-refractivity contribution >= 4 is 29.0 Å². The maximum atomic E-state index is 12.3. The van der Waals surface area contributed by atoms with E-state index in [0.717, 1.165) is 0 Å². The Morgan fingerprint density at radius 2 is 2.26 bits per heavy atom. The number of non-ortho nitro benzene ring substituents is 1. The summed E-state index contributed by atoms with van der Waals surface area (Å²) in [6.07, 6.45) is 1.54. The van der Waals surface area contributed by atoms with Gasteiger partial charge >= 0.3 is 0 Å². The zero-order valence-corrected chi connectivity index (χ0v) is 13.5. The van der Waals surface area contributed by atoms with E-state index in [0.29, 0.717) is 10.9 Å². The van der Waals surface area contributed by atoms with Crippen molar-refractivity contribution in [3.05, 3.63) is 34.6 Å². The first-order chi connectivity index (χ1) is 10.9. The van der Waals surface area contributed by atoms with Crippen LogP contribution in [0.1, 0.15) is 6.92 Å². The number of hydrogen-bond donors (Lipinski definition) is 1. The maximum Gasteiger partial charge on any atom is 0.271 e. The fourth-order valence-electron chi connectivity index (χ4n) is 1.73. The summed E-state index contributed by atoms with van der Waals surface area (Å²) >= 11 is 1.23. The summed E-state index contributed by atoms with van der Waals surface area (Å²) in [7, 11) is 3.20. The monoisotopic (exact) mass is 337 g/mol. The van der Waals surface area contributed by atoms with Gasteiger partial charge in [-0.05, 0) is 13.0 Å².